The van der Waals surface area contributed by atoms with Gasteiger partial charge in [0, 0.05) is 22.3 Å². The van der Waals surface area contributed by atoms with Gasteiger partial charge in [0.1, 0.15) is 36.3 Å². The van der Waals surface area contributed by atoms with Crippen LogP contribution in [0.5, 0.6) is 0 Å². The lowest BCUT2D eigenvalue weighted by Gasteiger charge is -2.24. The zero-order valence-corrected chi connectivity index (χ0v) is 59.6. The van der Waals surface area contributed by atoms with Gasteiger partial charge in [-0.25, -0.2) is 19.2 Å². The first-order valence-corrected chi connectivity index (χ1v) is 36.7. The molecule has 4 saturated heterocycles. The fourth-order valence-electron chi connectivity index (χ4n) is 9.65. The Bertz CT molecular complexity index is 3080. The number of rotatable bonds is 4. The van der Waals surface area contributed by atoms with Gasteiger partial charge in [-0.15, -0.1) is 47.0 Å². The molecule has 0 radical (unpaired) electrons. The summed E-state index contributed by atoms with van der Waals surface area (Å²) in [4.78, 5) is 49.3. The minimum absolute atomic E-state index is 0.00510. The largest absolute Gasteiger partial charge is 0.497 e. The van der Waals surface area contributed by atoms with E-state index in [1.807, 2.05) is 142 Å². The van der Waals surface area contributed by atoms with E-state index >= 15 is 0 Å². The highest BCUT2D eigenvalue weighted by atomic mass is 32.2. The molecule has 4 fully saturated rings. The van der Waals surface area contributed by atoms with E-state index in [4.69, 9.17) is 42.6 Å². The maximum atomic E-state index is 12.5. The van der Waals surface area contributed by atoms with E-state index in [1.165, 1.54) is 12.8 Å². The van der Waals surface area contributed by atoms with Crippen LogP contribution in [0, 0.1) is 0 Å². The summed E-state index contributed by atoms with van der Waals surface area (Å²) in [5, 5.41) is -0.534. The van der Waals surface area contributed by atoms with E-state index in [0.29, 0.717) is 87.5 Å². The summed E-state index contributed by atoms with van der Waals surface area (Å²) in [5.41, 5.74) is 5.96. The first-order chi connectivity index (χ1) is 45.9. The first-order valence-electron chi connectivity index (χ1n) is 33.0. The van der Waals surface area contributed by atoms with Crippen LogP contribution in [0.2, 0.25) is 0 Å². The highest BCUT2D eigenvalue weighted by molar-refractivity contribution is 8.01. The van der Waals surface area contributed by atoms with Crippen molar-refractivity contribution in [3.8, 4) is 0 Å². The van der Waals surface area contributed by atoms with Gasteiger partial charge in [-0.3, -0.25) is 0 Å². The normalized spacial score (nSPS) is 24.6. The molecule has 4 heterocycles. The standard InChI is InChI=1S/C22H30O3S.C20H26O3S.C18H22O4S.C18H22O3S/c1-17-21(20-13-9-8-10-14-20)26-19(3)18(2)24-15-11-6-4-5-7-12-16-25-22(17)23;1-15-19(18-11-7-6-8-12-18)24-17(3)16(2)22-13-9-4-5-10-14-23-20(15)21;1-13-17(16-7-5-4-6-8-16)23-15(3)14(2)21-11-9-20-10-12-22-18(13)19;1-13-17(16-9-5-4-6-10-16)22-15(3)14(2)20-11-7-8-12-21-18(13)19/h8-10,13-14,19,21H,1-2,4-7,11-12,15-16H2,3H3;6-8,11-12,17,19H,1-2,4-5,9-10,13-14H2,3H3;4-8,15,17H,1-2,9-12H2,3H3;4-6,9-10,15,17H,1-2,7-8,11-12H2,3H3. The second-order valence-corrected chi connectivity index (χ2v) is 28.8. The summed E-state index contributed by atoms with van der Waals surface area (Å²) in [6.45, 7) is 45.0. The molecule has 8 atom stereocenters. The van der Waals surface area contributed by atoms with E-state index in [2.05, 4.69) is 59.6 Å². The second-order valence-electron chi connectivity index (χ2n) is 23.0. The Morgan fingerprint density at radius 3 is 0.705 bits per heavy atom. The Labute approximate surface area is 583 Å². The summed E-state index contributed by atoms with van der Waals surface area (Å²) >= 11 is 6.43. The predicted octanol–water partition coefficient (Wildman–Crippen LogP) is 18.7. The molecule has 0 saturated carbocycles. The number of carbonyl (C=O) groups is 4. The van der Waals surface area contributed by atoms with Crippen molar-refractivity contribution in [2.75, 3.05) is 66.1 Å². The monoisotopic (exact) mass is 1370 g/mol. The van der Waals surface area contributed by atoms with Crippen LogP contribution in [0.15, 0.2) is 219 Å². The van der Waals surface area contributed by atoms with Crippen LogP contribution in [-0.4, -0.2) is 111 Å². The van der Waals surface area contributed by atoms with Gasteiger partial charge in [-0.1, -0.05) is 200 Å². The molecule has 95 heavy (non-hydrogen) atoms. The number of ether oxygens (including phenoxy) is 9. The Hall–Kier alpha value is -6.76. The van der Waals surface area contributed by atoms with Gasteiger partial charge in [0.2, 0.25) is 0 Å². The van der Waals surface area contributed by atoms with Crippen LogP contribution in [0.1, 0.15) is 148 Å². The molecule has 0 aliphatic carbocycles. The number of esters is 4. The molecule has 0 amide bonds. The molecule has 4 aliphatic heterocycles. The number of cyclic esters (lactones) is 4. The topological polar surface area (TPSA) is 151 Å². The van der Waals surface area contributed by atoms with Gasteiger partial charge in [0.05, 0.1) is 94.9 Å². The SMILES string of the molecule is C=C1OCCCCCCCCOC(=O)C(=C)C(c2ccccc2)SC1C.C=C1OCCCCCCOC(=O)C(=C)C(c2ccccc2)SC1C.C=C1OCCCCOC(=O)C(=C)C(c2ccccc2)SC1C.C=C1OCCOCCOC(=O)C(=C)C(c2ccccc2)SC1C. The van der Waals surface area contributed by atoms with Crippen molar-refractivity contribution < 1.29 is 61.8 Å². The lowest BCUT2D eigenvalue weighted by atomic mass is 10.1. The van der Waals surface area contributed by atoms with E-state index in [1.54, 1.807) is 47.0 Å². The fraction of sp³-hybridized carbons (Fsp3) is 0.436. The zero-order chi connectivity index (χ0) is 68.7. The van der Waals surface area contributed by atoms with Crippen molar-refractivity contribution in [1.82, 2.24) is 0 Å². The molecule has 0 spiro atoms. The van der Waals surface area contributed by atoms with E-state index < -0.39 is 5.97 Å². The van der Waals surface area contributed by atoms with Gasteiger partial charge in [0.15, 0.2) is 0 Å². The molecule has 0 bridgehead atoms. The number of thioether (sulfide) groups is 4. The Morgan fingerprint density at radius 1 is 0.263 bits per heavy atom. The summed E-state index contributed by atoms with van der Waals surface area (Å²) in [5.74, 6) is 1.58. The third-order valence-electron chi connectivity index (χ3n) is 15.6. The van der Waals surface area contributed by atoms with Crippen LogP contribution >= 0.6 is 47.0 Å². The minimum Gasteiger partial charge on any atom is -0.497 e. The Morgan fingerprint density at radius 2 is 0.453 bits per heavy atom. The van der Waals surface area contributed by atoms with E-state index in [0.717, 1.165) is 104 Å². The molecule has 4 aromatic carbocycles. The third kappa shape index (κ3) is 28.8. The van der Waals surface area contributed by atoms with Gasteiger partial charge in [-0.05, 0) is 101 Å². The molecule has 17 heteroatoms. The van der Waals surface area contributed by atoms with Crippen LogP contribution in [0.3, 0.4) is 0 Å². The van der Waals surface area contributed by atoms with Gasteiger partial charge < -0.3 is 42.6 Å². The number of benzene rings is 4. The van der Waals surface area contributed by atoms with E-state index in [9.17, 15) is 19.2 Å². The quantitative estimate of drug-likeness (QED) is 0.108. The van der Waals surface area contributed by atoms with Gasteiger partial charge in [-0.2, -0.15) is 0 Å². The number of hydrogen-bond donors (Lipinski definition) is 0. The van der Waals surface area contributed by atoms with Crippen molar-refractivity contribution >= 4 is 70.9 Å². The first kappa shape index (κ1) is 78.9. The van der Waals surface area contributed by atoms with E-state index in [-0.39, 0.29) is 66.5 Å². The smallest absolute Gasteiger partial charge is 0.334 e. The molecule has 514 valence electrons. The molecular weight excluding hydrogens is 1270 g/mol. The molecule has 8 unspecified atom stereocenters. The molecule has 0 N–H and O–H groups in total. The molecule has 4 aromatic rings. The van der Waals surface area contributed by atoms with Crippen molar-refractivity contribution in [2.24, 2.45) is 0 Å². The Kier molecular flexibility index (Phi) is 37.3. The maximum Gasteiger partial charge on any atom is 0.334 e. The third-order valence-corrected chi connectivity index (χ3v) is 21.6. The summed E-state index contributed by atoms with van der Waals surface area (Å²) in [7, 11) is 0. The zero-order valence-electron chi connectivity index (χ0n) is 56.3. The number of carbonyl (C=O) groups excluding carboxylic acids is 4. The van der Waals surface area contributed by atoms with Crippen molar-refractivity contribution in [1.29, 1.82) is 0 Å². The lowest BCUT2D eigenvalue weighted by Crippen LogP contribution is -2.17. The average Bonchev–Trinajstić information content (AvgIpc) is 1.29. The second kappa shape index (κ2) is 44.9. The Balaban J connectivity index is 0.000000230. The molecule has 13 nitrogen and oxygen atoms in total. The molecule has 4 aliphatic rings. The average molecular weight is 1370 g/mol. The highest BCUT2D eigenvalue weighted by Crippen LogP contribution is 2.44. The van der Waals surface area contributed by atoms with Crippen LogP contribution in [0.4, 0.5) is 0 Å². The molecule has 0 aromatic heterocycles. The van der Waals surface area contributed by atoms with Crippen molar-refractivity contribution in [2.45, 2.75) is 147 Å². The molecule has 8 rings (SSSR count). The van der Waals surface area contributed by atoms with Crippen LogP contribution in [0.25, 0.3) is 0 Å². The van der Waals surface area contributed by atoms with Crippen LogP contribution in [-0.2, 0) is 61.8 Å². The van der Waals surface area contributed by atoms with Crippen molar-refractivity contribution in [3.63, 3.8) is 0 Å². The molecular formula is C78H100O13S4. The summed E-state index contributed by atoms with van der Waals surface area (Å²) in [6.07, 6.45) is 12.2. The lowest BCUT2D eigenvalue weighted by molar-refractivity contribution is -0.141. The highest BCUT2D eigenvalue weighted by Gasteiger charge is 2.31. The van der Waals surface area contributed by atoms with Gasteiger partial charge in [0.25, 0.3) is 0 Å². The predicted molar refractivity (Wildman–Crippen MR) is 392 cm³/mol. The minimum atomic E-state index is -0.395. The summed E-state index contributed by atoms with van der Waals surface area (Å²) in [6, 6.07) is 39.5. The van der Waals surface area contributed by atoms with Gasteiger partial charge >= 0.3 is 23.9 Å². The fourth-order valence-corrected chi connectivity index (χ4v) is 14.5. The summed E-state index contributed by atoms with van der Waals surface area (Å²) < 4.78 is 49.7. The van der Waals surface area contributed by atoms with Crippen LogP contribution < -0.4 is 0 Å². The number of hydrogen-bond acceptors (Lipinski definition) is 17. The maximum absolute atomic E-state index is 12.5. The van der Waals surface area contributed by atoms with Crippen molar-refractivity contribution in [3.05, 3.63) is 242 Å².